The van der Waals surface area contributed by atoms with Crippen molar-refractivity contribution in [2.75, 3.05) is 0 Å². The third-order valence-electron chi connectivity index (χ3n) is 3.66. The topological polar surface area (TPSA) is 59.5 Å². The molecule has 3 rings (SSSR count). The molecular weight excluding hydrogens is 355 g/mol. The summed E-state index contributed by atoms with van der Waals surface area (Å²) in [6.45, 7) is 0.462. The van der Waals surface area contributed by atoms with Crippen molar-refractivity contribution in [3.63, 3.8) is 0 Å². The Hall–Kier alpha value is -1.99. The van der Waals surface area contributed by atoms with Crippen molar-refractivity contribution in [3.8, 4) is 0 Å². The van der Waals surface area contributed by atoms with Crippen molar-refractivity contribution in [1.29, 1.82) is 0 Å². The molecule has 1 aliphatic rings. The number of nitrogens with zero attached hydrogens (tertiary/aromatic N) is 2. The second-order valence-electron chi connectivity index (χ2n) is 5.37. The molecule has 1 aromatic heterocycles. The lowest BCUT2D eigenvalue weighted by atomic mass is 10.1. The average molecular weight is 369 g/mol. The van der Waals surface area contributed by atoms with Gasteiger partial charge in [0.05, 0.1) is 6.54 Å². The van der Waals surface area contributed by atoms with Gasteiger partial charge in [0, 0.05) is 36.0 Å². The fraction of sp³-hybridized carbons (Fsp3) is 0.312. The molecule has 0 unspecified atom stereocenters. The number of rotatable bonds is 5. The van der Waals surface area contributed by atoms with Crippen LogP contribution in [0.25, 0.3) is 0 Å². The number of cyclic esters (lactones) is 1. The van der Waals surface area contributed by atoms with Gasteiger partial charge >= 0.3 is 5.97 Å². The smallest absolute Gasteiger partial charge is 0.306 e. The normalized spacial score (nSPS) is 16.9. The Balaban J connectivity index is 1.81. The van der Waals surface area contributed by atoms with E-state index in [1.807, 2.05) is 5.38 Å². The second kappa shape index (κ2) is 7.27. The zero-order chi connectivity index (χ0) is 17.1. The number of esters is 1. The number of hydrogen-bond donors (Lipinski definition) is 0. The number of carbonyl (C=O) groups is 2. The molecule has 2 aromatic rings. The van der Waals surface area contributed by atoms with Crippen LogP contribution in [-0.4, -0.2) is 27.9 Å². The summed E-state index contributed by atoms with van der Waals surface area (Å²) in [6.07, 6.45) is 1.47. The zero-order valence-corrected chi connectivity index (χ0v) is 14.1. The van der Waals surface area contributed by atoms with Crippen LogP contribution in [0.2, 0.25) is 5.02 Å². The van der Waals surface area contributed by atoms with Crippen LogP contribution < -0.4 is 0 Å². The summed E-state index contributed by atoms with van der Waals surface area (Å²) in [4.78, 5) is 29.7. The van der Waals surface area contributed by atoms with Crippen LogP contribution in [0.1, 0.15) is 23.4 Å². The van der Waals surface area contributed by atoms with Crippen molar-refractivity contribution in [3.05, 3.63) is 51.2 Å². The van der Waals surface area contributed by atoms with Gasteiger partial charge in [0.2, 0.25) is 0 Å². The van der Waals surface area contributed by atoms with Gasteiger partial charge in [-0.15, -0.1) is 11.3 Å². The van der Waals surface area contributed by atoms with Crippen molar-refractivity contribution in [1.82, 2.24) is 9.88 Å². The predicted molar refractivity (Wildman–Crippen MR) is 86.9 cm³/mol. The molecule has 5 nitrogen and oxygen atoms in total. The maximum atomic E-state index is 13.2. The number of amides is 1. The Morgan fingerprint density at radius 2 is 2.29 bits per heavy atom. The molecule has 0 spiro atoms. The van der Waals surface area contributed by atoms with E-state index >= 15 is 0 Å². The van der Waals surface area contributed by atoms with Crippen LogP contribution in [0.3, 0.4) is 0 Å². The lowest BCUT2D eigenvalue weighted by Gasteiger charge is -2.24. The molecule has 1 saturated heterocycles. The summed E-state index contributed by atoms with van der Waals surface area (Å²) in [5.41, 5.74) is 0.618. The zero-order valence-electron chi connectivity index (χ0n) is 12.6. The standard InChI is InChI=1S/C16H14ClFN2O3S/c17-12-7-11(18)2-1-10(12)8-20(9-14-19-5-6-24-14)16(22)13-3-4-15(21)23-13/h1-2,5-7,13H,3-4,8-9H2/t13-/m1/s1. The minimum absolute atomic E-state index is 0.186. The SMILES string of the molecule is O=C1CC[C@H](C(=O)N(Cc2nccs2)Cc2ccc(F)cc2Cl)O1. The van der Waals surface area contributed by atoms with E-state index < -0.39 is 11.9 Å². The average Bonchev–Trinajstić information content (AvgIpc) is 3.20. The maximum absolute atomic E-state index is 13.2. The molecule has 1 aliphatic heterocycles. The van der Waals surface area contributed by atoms with Crippen molar-refractivity contribution < 1.29 is 18.7 Å². The predicted octanol–water partition coefficient (Wildman–Crippen LogP) is 3.17. The van der Waals surface area contributed by atoms with Gasteiger partial charge in [-0.2, -0.15) is 0 Å². The number of carbonyl (C=O) groups excluding carboxylic acids is 2. The van der Waals surface area contributed by atoms with E-state index in [1.54, 1.807) is 12.3 Å². The minimum Gasteiger partial charge on any atom is -0.452 e. The van der Waals surface area contributed by atoms with Crippen molar-refractivity contribution >= 4 is 34.8 Å². The number of hydrogen-bond acceptors (Lipinski definition) is 5. The first-order valence-corrected chi connectivity index (χ1v) is 8.59. The van der Waals surface area contributed by atoms with Crippen molar-refractivity contribution in [2.45, 2.75) is 32.0 Å². The van der Waals surface area contributed by atoms with E-state index in [4.69, 9.17) is 16.3 Å². The molecule has 0 saturated carbocycles. The first-order valence-electron chi connectivity index (χ1n) is 7.33. The highest BCUT2D eigenvalue weighted by Crippen LogP contribution is 2.23. The van der Waals surface area contributed by atoms with Crippen molar-refractivity contribution in [2.24, 2.45) is 0 Å². The first-order chi connectivity index (χ1) is 11.5. The summed E-state index contributed by atoms with van der Waals surface area (Å²) in [6, 6.07) is 4.04. The molecule has 0 N–H and O–H groups in total. The Labute approximate surface area is 147 Å². The third kappa shape index (κ3) is 3.91. The highest BCUT2D eigenvalue weighted by molar-refractivity contribution is 7.09. The van der Waals surface area contributed by atoms with Gasteiger partial charge in [-0.25, -0.2) is 9.37 Å². The van der Waals surface area contributed by atoms with Crippen LogP contribution in [0, 0.1) is 5.82 Å². The number of ether oxygens (including phenoxy) is 1. The summed E-state index contributed by atoms with van der Waals surface area (Å²) >= 11 is 7.49. The molecule has 0 radical (unpaired) electrons. The molecule has 1 atom stereocenters. The number of benzene rings is 1. The summed E-state index contributed by atoms with van der Waals surface area (Å²) in [5.74, 6) is -1.11. The van der Waals surface area contributed by atoms with Gasteiger partial charge in [0.15, 0.2) is 6.10 Å². The van der Waals surface area contributed by atoms with E-state index in [-0.39, 0.29) is 36.4 Å². The largest absolute Gasteiger partial charge is 0.452 e. The van der Waals surface area contributed by atoms with Crippen LogP contribution in [0.5, 0.6) is 0 Å². The van der Waals surface area contributed by atoms with Gasteiger partial charge in [0.25, 0.3) is 5.91 Å². The first kappa shape index (κ1) is 16.9. The molecule has 2 heterocycles. The van der Waals surface area contributed by atoms with Gasteiger partial charge in [-0.3, -0.25) is 9.59 Å². The molecule has 1 fully saturated rings. The Kier molecular flexibility index (Phi) is 5.11. The van der Waals surface area contributed by atoms with E-state index in [1.165, 1.54) is 28.4 Å². The molecule has 1 amide bonds. The minimum atomic E-state index is -0.781. The quantitative estimate of drug-likeness (QED) is 0.760. The van der Waals surface area contributed by atoms with E-state index in [9.17, 15) is 14.0 Å². The Morgan fingerprint density at radius 1 is 1.46 bits per heavy atom. The van der Waals surface area contributed by atoms with Gasteiger partial charge in [0.1, 0.15) is 10.8 Å². The van der Waals surface area contributed by atoms with Crippen LogP contribution in [0.15, 0.2) is 29.8 Å². The van der Waals surface area contributed by atoms with Crippen LogP contribution >= 0.6 is 22.9 Å². The summed E-state index contributed by atoms with van der Waals surface area (Å²) in [7, 11) is 0. The second-order valence-corrected chi connectivity index (χ2v) is 6.76. The van der Waals surface area contributed by atoms with Gasteiger partial charge < -0.3 is 9.64 Å². The van der Waals surface area contributed by atoms with Gasteiger partial charge in [-0.1, -0.05) is 17.7 Å². The fourth-order valence-corrected chi connectivity index (χ4v) is 3.32. The number of halogens is 2. The molecule has 0 aliphatic carbocycles. The molecule has 126 valence electrons. The Morgan fingerprint density at radius 3 is 2.92 bits per heavy atom. The number of thiazole rings is 1. The van der Waals surface area contributed by atoms with Crippen LogP contribution in [0.4, 0.5) is 4.39 Å². The monoisotopic (exact) mass is 368 g/mol. The van der Waals surface area contributed by atoms with Gasteiger partial charge in [-0.05, 0) is 17.7 Å². The molecule has 24 heavy (non-hydrogen) atoms. The highest BCUT2D eigenvalue weighted by atomic mass is 35.5. The summed E-state index contributed by atoms with van der Waals surface area (Å²) < 4.78 is 18.3. The van der Waals surface area contributed by atoms with E-state index in [2.05, 4.69) is 4.98 Å². The fourth-order valence-electron chi connectivity index (χ4n) is 2.46. The lowest BCUT2D eigenvalue weighted by Crippen LogP contribution is -2.38. The molecule has 0 bridgehead atoms. The maximum Gasteiger partial charge on any atom is 0.306 e. The molecule has 1 aromatic carbocycles. The number of aromatic nitrogens is 1. The molecular formula is C16H14ClFN2O3S. The lowest BCUT2D eigenvalue weighted by molar-refractivity contribution is -0.153. The highest BCUT2D eigenvalue weighted by Gasteiger charge is 2.33. The third-order valence-corrected chi connectivity index (χ3v) is 4.77. The molecule has 8 heteroatoms. The van der Waals surface area contributed by atoms with E-state index in [0.717, 1.165) is 5.01 Å². The van der Waals surface area contributed by atoms with Crippen LogP contribution in [-0.2, 0) is 27.4 Å². The Bertz CT molecular complexity index is 754. The summed E-state index contributed by atoms with van der Waals surface area (Å²) in [5, 5.41) is 2.82. The van der Waals surface area contributed by atoms with E-state index in [0.29, 0.717) is 12.0 Å².